The highest BCUT2D eigenvalue weighted by Gasteiger charge is 2.12. The minimum atomic E-state index is -0.211. The monoisotopic (exact) mass is 472 g/mol. The summed E-state index contributed by atoms with van der Waals surface area (Å²) in [5, 5.41) is 2.98. The fraction of sp³-hybridized carbons (Fsp3) is 0.333. The van der Waals surface area contributed by atoms with Crippen LogP contribution in [0.4, 0.5) is 5.69 Å². The Morgan fingerprint density at radius 1 is 0.800 bits per heavy atom. The number of benzene rings is 3. The second-order valence-electron chi connectivity index (χ2n) is 8.70. The predicted octanol–water partition coefficient (Wildman–Crippen LogP) is 6.23. The van der Waals surface area contributed by atoms with Crippen LogP contribution in [0.1, 0.15) is 65.0 Å². The predicted molar refractivity (Wildman–Crippen MR) is 143 cm³/mol. The van der Waals surface area contributed by atoms with E-state index in [1.165, 1.54) is 0 Å². The molecule has 1 amide bonds. The van der Waals surface area contributed by atoms with Gasteiger partial charge in [0.2, 0.25) is 0 Å². The van der Waals surface area contributed by atoms with Crippen LogP contribution in [-0.2, 0) is 6.42 Å². The zero-order chi connectivity index (χ0) is 25.0. The molecule has 0 aromatic heterocycles. The minimum absolute atomic E-state index is 0.0613. The number of methoxy groups -OCH3 is 1. The largest absolute Gasteiger partial charge is 0.496 e. The molecule has 5 nitrogen and oxygen atoms in total. The highest BCUT2D eigenvalue weighted by atomic mass is 16.5. The molecule has 3 aromatic rings. The SMILES string of the molecule is CCCN(CCC)CCCc1cc(NC(=O)c2ccc(C(=O)c3ccccc3)cc2)ccc1OC. The fourth-order valence-corrected chi connectivity index (χ4v) is 4.25. The minimum Gasteiger partial charge on any atom is -0.496 e. The van der Waals surface area contributed by atoms with Crippen LogP contribution in [-0.4, -0.2) is 43.3 Å². The number of amides is 1. The summed E-state index contributed by atoms with van der Waals surface area (Å²) < 4.78 is 5.56. The Hall–Kier alpha value is -3.44. The van der Waals surface area contributed by atoms with E-state index in [-0.39, 0.29) is 11.7 Å². The van der Waals surface area contributed by atoms with Gasteiger partial charge in [0.1, 0.15) is 5.75 Å². The molecule has 5 heteroatoms. The van der Waals surface area contributed by atoms with Gasteiger partial charge in [-0.05, 0) is 81.2 Å². The molecule has 0 aliphatic rings. The molecule has 0 aliphatic carbocycles. The second-order valence-corrected chi connectivity index (χ2v) is 8.70. The number of anilines is 1. The fourth-order valence-electron chi connectivity index (χ4n) is 4.25. The maximum absolute atomic E-state index is 12.8. The number of rotatable bonds is 13. The molecule has 0 fully saturated rings. The molecule has 0 heterocycles. The van der Waals surface area contributed by atoms with Gasteiger partial charge >= 0.3 is 0 Å². The van der Waals surface area contributed by atoms with E-state index in [1.807, 2.05) is 36.4 Å². The van der Waals surface area contributed by atoms with Gasteiger partial charge in [0.25, 0.3) is 5.91 Å². The van der Waals surface area contributed by atoms with E-state index < -0.39 is 0 Å². The first-order valence-electron chi connectivity index (χ1n) is 12.5. The highest BCUT2D eigenvalue weighted by molar-refractivity contribution is 6.10. The Balaban J connectivity index is 1.64. The van der Waals surface area contributed by atoms with E-state index in [2.05, 4.69) is 24.1 Å². The summed E-state index contributed by atoms with van der Waals surface area (Å²) in [5.41, 5.74) is 3.50. The van der Waals surface area contributed by atoms with Crippen LogP contribution in [0.5, 0.6) is 5.75 Å². The topological polar surface area (TPSA) is 58.6 Å². The zero-order valence-corrected chi connectivity index (χ0v) is 21.0. The first kappa shape index (κ1) is 26.2. The first-order chi connectivity index (χ1) is 17.0. The summed E-state index contributed by atoms with van der Waals surface area (Å²) >= 11 is 0. The number of nitrogens with zero attached hydrogens (tertiary/aromatic N) is 1. The molecule has 35 heavy (non-hydrogen) atoms. The number of carbonyl (C=O) groups is 2. The van der Waals surface area contributed by atoms with E-state index in [9.17, 15) is 9.59 Å². The maximum Gasteiger partial charge on any atom is 0.255 e. The van der Waals surface area contributed by atoms with Crippen molar-refractivity contribution in [2.24, 2.45) is 0 Å². The average molecular weight is 473 g/mol. The van der Waals surface area contributed by atoms with E-state index in [4.69, 9.17) is 4.74 Å². The number of hydrogen-bond donors (Lipinski definition) is 1. The molecule has 0 bridgehead atoms. The van der Waals surface area contributed by atoms with Gasteiger partial charge in [-0.3, -0.25) is 9.59 Å². The number of nitrogens with one attached hydrogen (secondary N) is 1. The molecule has 0 saturated carbocycles. The van der Waals surface area contributed by atoms with Gasteiger partial charge < -0.3 is 15.0 Å². The summed E-state index contributed by atoms with van der Waals surface area (Å²) in [6, 6.07) is 21.6. The molecule has 3 aromatic carbocycles. The summed E-state index contributed by atoms with van der Waals surface area (Å²) in [6.45, 7) is 7.72. The third-order valence-electron chi connectivity index (χ3n) is 5.98. The van der Waals surface area contributed by atoms with Gasteiger partial charge in [-0.25, -0.2) is 0 Å². The average Bonchev–Trinajstić information content (AvgIpc) is 2.89. The number of ether oxygens (including phenoxy) is 1. The molecule has 3 rings (SSSR count). The Kier molecular flexibility index (Phi) is 10.1. The molecular weight excluding hydrogens is 436 g/mol. The number of aryl methyl sites for hydroxylation is 1. The van der Waals surface area contributed by atoms with Gasteiger partial charge in [0.05, 0.1) is 7.11 Å². The van der Waals surface area contributed by atoms with Crippen molar-refractivity contribution in [1.29, 1.82) is 0 Å². The van der Waals surface area contributed by atoms with Crippen molar-refractivity contribution in [1.82, 2.24) is 4.90 Å². The third-order valence-corrected chi connectivity index (χ3v) is 5.98. The van der Waals surface area contributed by atoms with Gasteiger partial charge in [-0.1, -0.05) is 56.3 Å². The second kappa shape index (κ2) is 13.4. The summed E-state index contributed by atoms with van der Waals surface area (Å²) in [7, 11) is 1.68. The van der Waals surface area contributed by atoms with Crippen molar-refractivity contribution in [3.05, 3.63) is 95.1 Å². The van der Waals surface area contributed by atoms with Crippen molar-refractivity contribution in [3.8, 4) is 5.75 Å². The summed E-state index contributed by atoms with van der Waals surface area (Å²) in [5.74, 6) is 0.565. The third kappa shape index (κ3) is 7.52. The quantitative estimate of drug-likeness (QED) is 0.300. The molecule has 0 saturated heterocycles. The summed E-state index contributed by atoms with van der Waals surface area (Å²) in [6.07, 6.45) is 4.23. The standard InChI is InChI=1S/C30H36N2O3/c1-4-19-32(20-5-2)21-9-12-26-22-27(17-18-28(26)35-3)31-30(34)25-15-13-24(14-16-25)29(33)23-10-7-6-8-11-23/h6-8,10-11,13-18,22H,4-5,9,12,19-21H2,1-3H3,(H,31,34). The van der Waals surface area contributed by atoms with E-state index in [1.54, 1.807) is 43.5 Å². The summed E-state index contributed by atoms with van der Waals surface area (Å²) in [4.78, 5) is 28.0. The lowest BCUT2D eigenvalue weighted by Crippen LogP contribution is -2.26. The lowest BCUT2D eigenvalue weighted by Gasteiger charge is -2.21. The van der Waals surface area contributed by atoms with E-state index >= 15 is 0 Å². The molecule has 184 valence electrons. The van der Waals surface area contributed by atoms with Gasteiger partial charge in [0.15, 0.2) is 5.78 Å². The molecule has 1 N–H and O–H groups in total. The smallest absolute Gasteiger partial charge is 0.255 e. The van der Waals surface area contributed by atoms with Crippen LogP contribution in [0.15, 0.2) is 72.8 Å². The van der Waals surface area contributed by atoms with Gasteiger partial charge in [-0.15, -0.1) is 0 Å². The van der Waals surface area contributed by atoms with Crippen molar-refractivity contribution >= 4 is 17.4 Å². The molecule has 0 radical (unpaired) electrons. The number of carbonyl (C=O) groups excluding carboxylic acids is 2. The van der Waals surface area contributed by atoms with Crippen LogP contribution in [0.2, 0.25) is 0 Å². The first-order valence-corrected chi connectivity index (χ1v) is 12.5. The van der Waals surface area contributed by atoms with E-state index in [0.717, 1.165) is 62.3 Å². The Morgan fingerprint density at radius 3 is 2.06 bits per heavy atom. The lowest BCUT2D eigenvalue weighted by molar-refractivity contribution is 0.102. The van der Waals surface area contributed by atoms with Gasteiger partial charge in [0, 0.05) is 22.4 Å². The van der Waals surface area contributed by atoms with Crippen molar-refractivity contribution in [3.63, 3.8) is 0 Å². The van der Waals surface area contributed by atoms with Crippen molar-refractivity contribution in [2.75, 3.05) is 32.1 Å². The van der Waals surface area contributed by atoms with Crippen molar-refractivity contribution in [2.45, 2.75) is 39.5 Å². The van der Waals surface area contributed by atoms with Crippen LogP contribution in [0.25, 0.3) is 0 Å². The maximum atomic E-state index is 12.8. The highest BCUT2D eigenvalue weighted by Crippen LogP contribution is 2.25. The molecular formula is C30H36N2O3. The normalized spacial score (nSPS) is 10.9. The Labute approximate surface area is 209 Å². The Morgan fingerprint density at radius 2 is 1.43 bits per heavy atom. The van der Waals surface area contributed by atoms with Crippen LogP contribution in [0, 0.1) is 0 Å². The Bertz CT molecular complexity index is 1090. The molecule has 0 atom stereocenters. The number of hydrogen-bond acceptors (Lipinski definition) is 4. The van der Waals surface area contributed by atoms with Gasteiger partial charge in [-0.2, -0.15) is 0 Å². The van der Waals surface area contributed by atoms with Crippen LogP contribution in [0.3, 0.4) is 0 Å². The van der Waals surface area contributed by atoms with Crippen LogP contribution >= 0.6 is 0 Å². The zero-order valence-electron chi connectivity index (χ0n) is 21.0. The van der Waals surface area contributed by atoms with Crippen molar-refractivity contribution < 1.29 is 14.3 Å². The molecule has 0 spiro atoms. The number of ketones is 1. The van der Waals surface area contributed by atoms with Crippen LogP contribution < -0.4 is 10.1 Å². The lowest BCUT2D eigenvalue weighted by atomic mass is 10.0. The molecule has 0 unspecified atom stereocenters. The van der Waals surface area contributed by atoms with E-state index in [0.29, 0.717) is 16.7 Å². The molecule has 0 aliphatic heterocycles.